The maximum atomic E-state index is 13.1. The Morgan fingerprint density at radius 1 is 1.00 bits per heavy atom. The number of hydrogen-bond donors (Lipinski definition) is 2. The monoisotopic (exact) mass is 529 g/mol. The number of anilines is 3. The van der Waals surface area contributed by atoms with Gasteiger partial charge in [-0.1, -0.05) is 30.3 Å². The second-order valence-electron chi connectivity index (χ2n) is 9.05. The van der Waals surface area contributed by atoms with E-state index in [4.69, 9.17) is 0 Å². The minimum absolute atomic E-state index is 0.00353. The van der Waals surface area contributed by atoms with Gasteiger partial charge >= 0.3 is 0 Å². The van der Waals surface area contributed by atoms with Crippen LogP contribution in [0, 0.1) is 12.8 Å². The smallest absolute Gasteiger partial charge is 0.264 e. The number of aryl methyl sites for hydroxylation is 1. The Bertz CT molecular complexity index is 1530. The molecule has 5 rings (SSSR count). The van der Waals surface area contributed by atoms with Crippen molar-refractivity contribution in [2.75, 3.05) is 28.0 Å². The molecule has 0 radical (unpaired) electrons. The van der Waals surface area contributed by atoms with Crippen LogP contribution in [-0.2, 0) is 14.8 Å². The topological polar surface area (TPSA) is 130 Å². The molecule has 2 aromatic carbocycles. The van der Waals surface area contributed by atoms with Gasteiger partial charge in [-0.15, -0.1) is 0 Å². The highest BCUT2D eigenvalue weighted by Crippen LogP contribution is 2.26. The van der Waals surface area contributed by atoms with Crippen molar-refractivity contribution in [3.05, 3.63) is 84.9 Å². The Hall–Kier alpha value is -4.38. The van der Waals surface area contributed by atoms with E-state index in [9.17, 15) is 13.2 Å². The minimum Gasteiger partial charge on any atom is -0.356 e. The van der Waals surface area contributed by atoms with Gasteiger partial charge in [0.25, 0.3) is 10.0 Å². The van der Waals surface area contributed by atoms with Gasteiger partial charge in [-0.3, -0.25) is 4.79 Å². The predicted octanol–water partition coefficient (Wildman–Crippen LogP) is 3.90. The van der Waals surface area contributed by atoms with Crippen LogP contribution in [0.2, 0.25) is 0 Å². The highest BCUT2D eigenvalue weighted by molar-refractivity contribution is 7.92. The van der Waals surface area contributed by atoms with Crippen molar-refractivity contribution in [3.63, 3.8) is 0 Å². The van der Waals surface area contributed by atoms with Gasteiger partial charge in [0.05, 0.1) is 16.5 Å². The molecule has 11 heteroatoms. The van der Waals surface area contributed by atoms with Gasteiger partial charge < -0.3 is 10.2 Å². The van der Waals surface area contributed by atoms with Crippen molar-refractivity contribution in [3.8, 4) is 11.3 Å². The van der Waals surface area contributed by atoms with Crippen molar-refractivity contribution in [2.24, 2.45) is 5.92 Å². The van der Waals surface area contributed by atoms with E-state index in [-0.39, 0.29) is 22.7 Å². The lowest BCUT2D eigenvalue weighted by Crippen LogP contribution is -2.41. The normalized spacial score (nSPS) is 15.6. The molecule has 4 aromatic rings. The Morgan fingerprint density at radius 3 is 2.55 bits per heavy atom. The Kier molecular flexibility index (Phi) is 7.27. The maximum absolute atomic E-state index is 13.1. The summed E-state index contributed by atoms with van der Waals surface area (Å²) in [5.41, 5.74) is 3.01. The van der Waals surface area contributed by atoms with Crippen LogP contribution in [-0.4, -0.2) is 47.4 Å². The molecule has 1 aliphatic heterocycles. The zero-order chi connectivity index (χ0) is 26.5. The molecular formula is C27H27N7O3S. The lowest BCUT2D eigenvalue weighted by atomic mass is 9.97. The number of carbonyl (C=O) groups is 1. The summed E-state index contributed by atoms with van der Waals surface area (Å²) in [7, 11) is -3.86. The van der Waals surface area contributed by atoms with Gasteiger partial charge in [-0.25, -0.2) is 33.1 Å². The van der Waals surface area contributed by atoms with Gasteiger partial charge in [0.2, 0.25) is 11.9 Å². The molecule has 2 N–H and O–H groups in total. The van der Waals surface area contributed by atoms with Crippen LogP contribution in [0.25, 0.3) is 11.3 Å². The van der Waals surface area contributed by atoms with Crippen molar-refractivity contribution in [1.82, 2.24) is 19.9 Å². The number of hydrogen-bond acceptors (Lipinski definition) is 8. The fourth-order valence-corrected chi connectivity index (χ4v) is 5.28. The Labute approximate surface area is 221 Å². The van der Waals surface area contributed by atoms with Gasteiger partial charge in [-0.2, -0.15) is 0 Å². The lowest BCUT2D eigenvalue weighted by molar-refractivity contribution is -0.120. The van der Waals surface area contributed by atoms with Crippen molar-refractivity contribution >= 4 is 33.4 Å². The summed E-state index contributed by atoms with van der Waals surface area (Å²) < 4.78 is 27.7. The maximum Gasteiger partial charge on any atom is 0.264 e. The molecule has 3 heterocycles. The molecule has 10 nitrogen and oxygen atoms in total. The molecule has 38 heavy (non-hydrogen) atoms. The van der Waals surface area contributed by atoms with E-state index in [1.165, 1.54) is 18.3 Å². The van der Waals surface area contributed by atoms with Gasteiger partial charge in [0.15, 0.2) is 0 Å². The third-order valence-electron chi connectivity index (χ3n) is 6.29. The second-order valence-corrected chi connectivity index (χ2v) is 10.7. The molecule has 0 spiro atoms. The highest BCUT2D eigenvalue weighted by atomic mass is 32.2. The molecule has 194 valence electrons. The number of amides is 1. The summed E-state index contributed by atoms with van der Waals surface area (Å²) in [6.07, 6.45) is 4.65. The van der Waals surface area contributed by atoms with E-state index in [2.05, 4.69) is 34.9 Å². The van der Waals surface area contributed by atoms with Crippen molar-refractivity contribution in [2.45, 2.75) is 24.7 Å². The molecule has 0 bridgehead atoms. The second kappa shape index (κ2) is 10.9. The van der Waals surface area contributed by atoms with Crippen molar-refractivity contribution < 1.29 is 13.2 Å². The Balaban J connectivity index is 1.23. The summed E-state index contributed by atoms with van der Waals surface area (Å²) in [6, 6.07) is 19.5. The third-order valence-corrected chi connectivity index (χ3v) is 7.64. The standard InChI is InChI=1S/C27H27N7O3S/c1-19-13-14-28-27(31-19)33-38(36,37)23-11-9-22(10-12-23)32-26(35)21-8-5-15-34(17-21)25-16-24(29-18-30-25)20-6-3-2-4-7-20/h2-4,6-7,9-14,16,18,21H,5,8,15,17H2,1H3,(H,32,35)(H,28,31,33). The van der Waals surface area contributed by atoms with E-state index in [0.29, 0.717) is 17.9 Å². The van der Waals surface area contributed by atoms with Crippen LogP contribution in [0.3, 0.4) is 0 Å². The third kappa shape index (κ3) is 5.94. The van der Waals surface area contributed by atoms with E-state index in [0.717, 1.165) is 36.5 Å². The predicted molar refractivity (Wildman–Crippen MR) is 145 cm³/mol. The fourth-order valence-electron chi connectivity index (χ4n) is 4.32. The summed E-state index contributed by atoms with van der Waals surface area (Å²) in [4.78, 5) is 32.1. The van der Waals surface area contributed by atoms with Crippen LogP contribution < -0.4 is 14.9 Å². The molecule has 1 fully saturated rings. The van der Waals surface area contributed by atoms with Gasteiger partial charge in [-0.05, 0) is 50.1 Å². The molecule has 0 aliphatic carbocycles. The van der Waals surface area contributed by atoms with E-state index in [1.54, 1.807) is 31.5 Å². The zero-order valence-electron chi connectivity index (χ0n) is 20.8. The number of carbonyl (C=O) groups excluding carboxylic acids is 1. The van der Waals surface area contributed by atoms with Gasteiger partial charge in [0, 0.05) is 42.3 Å². The average Bonchev–Trinajstić information content (AvgIpc) is 2.94. The van der Waals surface area contributed by atoms with Crippen LogP contribution in [0.15, 0.2) is 84.1 Å². The first-order valence-electron chi connectivity index (χ1n) is 12.2. The van der Waals surface area contributed by atoms with Crippen LogP contribution in [0.5, 0.6) is 0 Å². The highest BCUT2D eigenvalue weighted by Gasteiger charge is 2.27. The zero-order valence-corrected chi connectivity index (χ0v) is 21.6. The molecule has 1 amide bonds. The largest absolute Gasteiger partial charge is 0.356 e. The Morgan fingerprint density at radius 2 is 1.79 bits per heavy atom. The summed E-state index contributed by atoms with van der Waals surface area (Å²) >= 11 is 0. The number of nitrogens with one attached hydrogen (secondary N) is 2. The van der Waals surface area contributed by atoms with Crippen LogP contribution in [0.4, 0.5) is 17.5 Å². The van der Waals surface area contributed by atoms with E-state index < -0.39 is 10.0 Å². The molecule has 1 saturated heterocycles. The SMILES string of the molecule is Cc1ccnc(NS(=O)(=O)c2ccc(NC(=O)C3CCCN(c4cc(-c5ccccc5)ncn4)C3)cc2)n1. The molecule has 1 unspecified atom stereocenters. The molecule has 0 saturated carbocycles. The quantitative estimate of drug-likeness (QED) is 0.369. The summed E-state index contributed by atoms with van der Waals surface area (Å²) in [6.45, 7) is 3.08. The number of sulfonamides is 1. The number of piperidine rings is 1. The first kappa shape index (κ1) is 25.3. The fraction of sp³-hybridized carbons (Fsp3) is 0.222. The number of aromatic nitrogens is 4. The molecule has 2 aromatic heterocycles. The van der Waals surface area contributed by atoms with Gasteiger partial charge in [0.1, 0.15) is 12.1 Å². The van der Waals surface area contributed by atoms with Crippen LogP contribution >= 0.6 is 0 Å². The number of nitrogens with zero attached hydrogens (tertiary/aromatic N) is 5. The molecule has 1 aliphatic rings. The average molecular weight is 530 g/mol. The van der Waals surface area contributed by atoms with Crippen LogP contribution in [0.1, 0.15) is 18.5 Å². The van der Waals surface area contributed by atoms with E-state index >= 15 is 0 Å². The van der Waals surface area contributed by atoms with E-state index in [1.807, 2.05) is 36.4 Å². The minimum atomic E-state index is -3.86. The molecule has 1 atom stereocenters. The number of rotatable bonds is 7. The first-order chi connectivity index (χ1) is 18.4. The molecular weight excluding hydrogens is 502 g/mol. The van der Waals surface area contributed by atoms with Crippen molar-refractivity contribution in [1.29, 1.82) is 0 Å². The summed E-state index contributed by atoms with van der Waals surface area (Å²) in [5.74, 6) is 0.441. The number of benzene rings is 2. The summed E-state index contributed by atoms with van der Waals surface area (Å²) in [5, 5.41) is 2.92. The first-order valence-corrected chi connectivity index (χ1v) is 13.7. The lowest BCUT2D eigenvalue weighted by Gasteiger charge is -2.33.